The number of nitrogens with zero attached hydrogens (tertiary/aromatic N) is 2. The molecule has 0 radical (unpaired) electrons. The van der Waals surface area contributed by atoms with E-state index >= 15 is 0 Å². The smallest absolute Gasteiger partial charge is 0.126 e. The van der Waals surface area contributed by atoms with Crippen LogP contribution < -0.4 is 10.2 Å². The van der Waals surface area contributed by atoms with E-state index < -0.39 is 0 Å². The van der Waals surface area contributed by atoms with Crippen LogP contribution in [0, 0.1) is 5.82 Å². The van der Waals surface area contributed by atoms with Crippen LogP contribution in [0.5, 0.6) is 0 Å². The molecular weight excluding hydrogens is 425 g/mol. The number of halogens is 2. The van der Waals surface area contributed by atoms with Crippen molar-refractivity contribution in [3.63, 3.8) is 0 Å². The first-order chi connectivity index (χ1) is 15.5. The maximum Gasteiger partial charge on any atom is 0.126 e. The van der Waals surface area contributed by atoms with Gasteiger partial charge >= 0.3 is 0 Å². The summed E-state index contributed by atoms with van der Waals surface area (Å²) in [5, 5.41) is 13.9. The minimum Gasteiger partial charge on any atom is -0.393 e. The second-order valence-electron chi connectivity index (χ2n) is 8.84. The van der Waals surface area contributed by atoms with E-state index in [2.05, 4.69) is 33.4 Å². The number of nitrogens with one attached hydrogen (secondary N) is 1. The number of anilines is 2. The second kappa shape index (κ2) is 9.08. The quantitative estimate of drug-likeness (QED) is 0.513. The van der Waals surface area contributed by atoms with Gasteiger partial charge in [-0.25, -0.2) is 9.37 Å². The zero-order valence-electron chi connectivity index (χ0n) is 17.9. The molecule has 6 heteroatoms. The molecule has 166 valence electrons. The van der Waals surface area contributed by atoms with Gasteiger partial charge in [-0.05, 0) is 73.1 Å². The van der Waals surface area contributed by atoms with E-state index in [1.54, 1.807) is 18.3 Å². The summed E-state index contributed by atoms with van der Waals surface area (Å²) in [6.07, 6.45) is 6.03. The van der Waals surface area contributed by atoms with Crippen LogP contribution in [0.2, 0.25) is 5.02 Å². The summed E-state index contributed by atoms with van der Waals surface area (Å²) in [6.45, 7) is 1.60. The van der Waals surface area contributed by atoms with Gasteiger partial charge in [-0.2, -0.15) is 0 Å². The minimum atomic E-state index is -0.202. The maximum atomic E-state index is 13.6. The summed E-state index contributed by atoms with van der Waals surface area (Å²) in [5.41, 5.74) is 5.43. The van der Waals surface area contributed by atoms with Gasteiger partial charge in [0.15, 0.2) is 0 Å². The summed E-state index contributed by atoms with van der Waals surface area (Å²) in [5.74, 6) is 0.606. The summed E-state index contributed by atoms with van der Waals surface area (Å²) in [6, 6.07) is 15.6. The van der Waals surface area contributed by atoms with E-state index in [1.807, 2.05) is 12.1 Å². The second-order valence-corrected chi connectivity index (χ2v) is 9.25. The highest BCUT2D eigenvalue weighted by atomic mass is 35.5. The third kappa shape index (κ3) is 4.59. The van der Waals surface area contributed by atoms with E-state index in [4.69, 9.17) is 11.6 Å². The highest BCUT2D eigenvalue weighted by Gasteiger charge is 2.22. The van der Waals surface area contributed by atoms with E-state index in [9.17, 15) is 9.50 Å². The maximum absolute atomic E-state index is 13.6. The SMILES string of the molecule is OC1CCC(Nc2cc(-c3ccc4c(c3)N(Cc3cccc(F)c3)CC4)c(Cl)cn2)CC1. The van der Waals surface area contributed by atoms with E-state index in [1.165, 1.54) is 17.3 Å². The zero-order chi connectivity index (χ0) is 22.1. The van der Waals surface area contributed by atoms with Crippen LogP contribution in [-0.4, -0.2) is 28.8 Å². The number of aliphatic hydroxyl groups is 1. The van der Waals surface area contributed by atoms with Gasteiger partial charge in [-0.1, -0.05) is 35.9 Å². The number of aliphatic hydroxyl groups excluding tert-OH is 1. The molecule has 32 heavy (non-hydrogen) atoms. The molecule has 0 bridgehead atoms. The first-order valence-corrected chi connectivity index (χ1v) is 11.7. The molecule has 2 N–H and O–H groups in total. The third-order valence-electron chi connectivity index (χ3n) is 6.55. The van der Waals surface area contributed by atoms with Gasteiger partial charge in [-0.15, -0.1) is 0 Å². The van der Waals surface area contributed by atoms with Crippen molar-refractivity contribution in [2.45, 2.75) is 50.8 Å². The molecule has 2 aliphatic rings. The van der Waals surface area contributed by atoms with E-state index in [0.717, 1.165) is 61.2 Å². The number of aromatic nitrogens is 1. The Morgan fingerprint density at radius 2 is 1.94 bits per heavy atom. The molecule has 1 aromatic heterocycles. The predicted molar refractivity (Wildman–Crippen MR) is 128 cm³/mol. The highest BCUT2D eigenvalue weighted by Crippen LogP contribution is 2.37. The zero-order valence-corrected chi connectivity index (χ0v) is 18.7. The normalized spacial score (nSPS) is 20.3. The van der Waals surface area contributed by atoms with Gasteiger partial charge in [0.2, 0.25) is 0 Å². The largest absolute Gasteiger partial charge is 0.393 e. The van der Waals surface area contributed by atoms with Gasteiger partial charge in [0, 0.05) is 36.6 Å². The molecule has 0 spiro atoms. The Hall–Kier alpha value is -2.63. The van der Waals surface area contributed by atoms with Crippen molar-refractivity contribution in [1.29, 1.82) is 0 Å². The average Bonchev–Trinajstić information content (AvgIpc) is 3.18. The summed E-state index contributed by atoms with van der Waals surface area (Å²) in [4.78, 5) is 6.78. The molecule has 0 saturated heterocycles. The fourth-order valence-electron chi connectivity index (χ4n) is 4.80. The lowest BCUT2D eigenvalue weighted by molar-refractivity contribution is 0.126. The molecule has 3 aromatic rings. The summed E-state index contributed by atoms with van der Waals surface area (Å²) < 4.78 is 13.6. The Morgan fingerprint density at radius 1 is 1.09 bits per heavy atom. The van der Waals surface area contributed by atoms with Gasteiger partial charge in [-0.3, -0.25) is 0 Å². The molecule has 1 saturated carbocycles. The van der Waals surface area contributed by atoms with Crippen molar-refractivity contribution in [1.82, 2.24) is 4.98 Å². The van der Waals surface area contributed by atoms with Crippen molar-refractivity contribution >= 4 is 23.1 Å². The van der Waals surface area contributed by atoms with Crippen molar-refractivity contribution in [3.8, 4) is 11.1 Å². The summed E-state index contributed by atoms with van der Waals surface area (Å²) >= 11 is 6.55. The Morgan fingerprint density at radius 3 is 2.75 bits per heavy atom. The molecular formula is C26H27ClFN3O. The first kappa shape index (κ1) is 21.2. The fourth-order valence-corrected chi connectivity index (χ4v) is 5.01. The molecule has 2 aromatic carbocycles. The molecule has 0 amide bonds. The number of pyridine rings is 1. The molecule has 1 aliphatic carbocycles. The molecule has 0 unspecified atom stereocenters. The average molecular weight is 452 g/mol. The van der Waals surface area contributed by atoms with Crippen molar-refractivity contribution in [2.24, 2.45) is 0 Å². The van der Waals surface area contributed by atoms with E-state index in [-0.39, 0.29) is 11.9 Å². The van der Waals surface area contributed by atoms with Crippen molar-refractivity contribution in [3.05, 3.63) is 76.7 Å². The topological polar surface area (TPSA) is 48.4 Å². The standard InChI is InChI=1S/C26H27ClFN3O/c27-24-15-29-26(30-21-6-8-22(32)9-7-21)14-23(24)19-5-4-18-10-11-31(25(18)13-19)16-17-2-1-3-20(28)12-17/h1-5,12-15,21-22,32H,6-11,16H2,(H,29,30). The Balaban J connectivity index is 1.38. The van der Waals surface area contributed by atoms with Gasteiger partial charge in [0.1, 0.15) is 11.6 Å². The van der Waals surface area contributed by atoms with Gasteiger partial charge < -0.3 is 15.3 Å². The lowest BCUT2D eigenvalue weighted by Gasteiger charge is -2.26. The number of rotatable bonds is 5. The Labute approximate surface area is 193 Å². The minimum absolute atomic E-state index is 0.177. The van der Waals surface area contributed by atoms with E-state index in [0.29, 0.717) is 17.6 Å². The number of hydrogen-bond donors (Lipinski definition) is 2. The molecule has 5 rings (SSSR count). The fraction of sp³-hybridized carbons (Fsp3) is 0.346. The third-order valence-corrected chi connectivity index (χ3v) is 6.86. The van der Waals surface area contributed by atoms with Gasteiger partial charge in [0.05, 0.1) is 11.1 Å². The monoisotopic (exact) mass is 451 g/mol. The van der Waals surface area contributed by atoms with Crippen molar-refractivity contribution < 1.29 is 9.50 Å². The van der Waals surface area contributed by atoms with Crippen LogP contribution in [-0.2, 0) is 13.0 Å². The van der Waals surface area contributed by atoms with Crippen LogP contribution in [0.3, 0.4) is 0 Å². The predicted octanol–water partition coefficient (Wildman–Crippen LogP) is 5.82. The van der Waals surface area contributed by atoms with Gasteiger partial charge in [0.25, 0.3) is 0 Å². The molecule has 2 heterocycles. The lowest BCUT2D eigenvalue weighted by Crippen LogP contribution is -2.28. The van der Waals surface area contributed by atoms with Crippen LogP contribution in [0.25, 0.3) is 11.1 Å². The number of benzene rings is 2. The lowest BCUT2D eigenvalue weighted by atomic mass is 9.93. The Bertz CT molecular complexity index is 1110. The Kier molecular flexibility index (Phi) is 6.03. The van der Waals surface area contributed by atoms with Crippen LogP contribution in [0.15, 0.2) is 54.7 Å². The first-order valence-electron chi connectivity index (χ1n) is 11.3. The molecule has 0 atom stereocenters. The number of hydrogen-bond acceptors (Lipinski definition) is 4. The molecule has 1 fully saturated rings. The van der Waals surface area contributed by atoms with Crippen LogP contribution in [0.4, 0.5) is 15.9 Å². The summed E-state index contributed by atoms with van der Waals surface area (Å²) in [7, 11) is 0. The van der Waals surface area contributed by atoms with Crippen molar-refractivity contribution in [2.75, 3.05) is 16.8 Å². The van der Waals surface area contributed by atoms with Crippen LogP contribution in [0.1, 0.15) is 36.8 Å². The molecule has 4 nitrogen and oxygen atoms in total. The van der Waals surface area contributed by atoms with Crippen LogP contribution >= 0.6 is 11.6 Å². The highest BCUT2D eigenvalue weighted by molar-refractivity contribution is 6.33. The molecule has 1 aliphatic heterocycles. The number of fused-ring (bicyclic) bond motifs is 1.